The zero-order chi connectivity index (χ0) is 11.3. The van der Waals surface area contributed by atoms with Gasteiger partial charge in [0.15, 0.2) is 5.78 Å². The molecule has 3 nitrogen and oxygen atoms in total. The van der Waals surface area contributed by atoms with Crippen molar-refractivity contribution in [1.29, 1.82) is 0 Å². The van der Waals surface area contributed by atoms with Gasteiger partial charge in [0.2, 0.25) is 0 Å². The molecule has 1 aromatic carbocycles. The van der Waals surface area contributed by atoms with Crippen LogP contribution in [0.15, 0.2) is 18.2 Å². The van der Waals surface area contributed by atoms with E-state index in [0.29, 0.717) is 17.9 Å². The predicted octanol–water partition coefficient (Wildman–Crippen LogP) is 1.66. The Bertz CT molecular complexity index is 347. The molecule has 0 unspecified atom stereocenters. The number of likely N-dealkylation sites (N-methyl/N-ethyl adjacent to an activating group) is 1. The molecule has 0 saturated heterocycles. The SMILES string of the molecule is CCc1cccc(C(=O)CNC)c1OC. The number of hydrogen-bond acceptors (Lipinski definition) is 3. The van der Waals surface area contributed by atoms with Crippen LogP contribution < -0.4 is 10.1 Å². The van der Waals surface area contributed by atoms with Crippen LogP contribution >= 0.6 is 0 Å². The highest BCUT2D eigenvalue weighted by Crippen LogP contribution is 2.24. The molecule has 0 atom stereocenters. The lowest BCUT2D eigenvalue weighted by molar-refractivity contribution is 0.0990. The first-order chi connectivity index (χ1) is 7.24. The number of hydrogen-bond donors (Lipinski definition) is 1. The van der Waals surface area contributed by atoms with Crippen molar-refractivity contribution in [3.05, 3.63) is 29.3 Å². The minimum Gasteiger partial charge on any atom is -0.496 e. The van der Waals surface area contributed by atoms with Crippen molar-refractivity contribution in [2.45, 2.75) is 13.3 Å². The Labute approximate surface area is 90.4 Å². The molecule has 1 aromatic rings. The predicted molar refractivity (Wildman–Crippen MR) is 60.6 cm³/mol. The summed E-state index contributed by atoms with van der Waals surface area (Å²) < 4.78 is 5.29. The maximum absolute atomic E-state index is 11.8. The molecule has 0 aliphatic rings. The van der Waals surface area contributed by atoms with Crippen LogP contribution in [0.5, 0.6) is 5.75 Å². The van der Waals surface area contributed by atoms with Crippen LogP contribution in [0.1, 0.15) is 22.8 Å². The molecular weight excluding hydrogens is 190 g/mol. The van der Waals surface area contributed by atoms with Crippen LogP contribution in [0.2, 0.25) is 0 Å². The van der Waals surface area contributed by atoms with Gasteiger partial charge in [-0.25, -0.2) is 0 Å². The molecule has 0 saturated carbocycles. The minimum atomic E-state index is 0.0599. The zero-order valence-corrected chi connectivity index (χ0v) is 9.46. The second kappa shape index (κ2) is 5.51. The summed E-state index contributed by atoms with van der Waals surface area (Å²) in [6.07, 6.45) is 0.865. The fourth-order valence-electron chi connectivity index (χ4n) is 1.58. The van der Waals surface area contributed by atoms with E-state index in [4.69, 9.17) is 4.74 Å². The summed E-state index contributed by atoms with van der Waals surface area (Å²) in [5, 5.41) is 2.85. The summed E-state index contributed by atoms with van der Waals surface area (Å²) in [4.78, 5) is 11.8. The second-order valence-corrected chi connectivity index (χ2v) is 3.31. The average Bonchev–Trinajstić information content (AvgIpc) is 2.28. The van der Waals surface area contributed by atoms with Crippen LogP contribution in [0.4, 0.5) is 0 Å². The topological polar surface area (TPSA) is 38.3 Å². The molecule has 1 rings (SSSR count). The van der Waals surface area contributed by atoms with Crippen LogP contribution in [0, 0.1) is 0 Å². The molecule has 3 heteroatoms. The van der Waals surface area contributed by atoms with E-state index >= 15 is 0 Å². The number of benzene rings is 1. The Balaban J connectivity index is 3.11. The minimum absolute atomic E-state index is 0.0599. The Kier molecular flexibility index (Phi) is 4.31. The molecule has 0 bridgehead atoms. The number of para-hydroxylation sites is 1. The van der Waals surface area contributed by atoms with E-state index in [2.05, 4.69) is 5.32 Å². The van der Waals surface area contributed by atoms with E-state index in [1.165, 1.54) is 0 Å². The van der Waals surface area contributed by atoms with E-state index in [9.17, 15) is 4.79 Å². The molecule has 0 radical (unpaired) electrons. The second-order valence-electron chi connectivity index (χ2n) is 3.31. The number of nitrogens with one attached hydrogen (secondary N) is 1. The van der Waals surface area contributed by atoms with Crippen LogP contribution in [0.3, 0.4) is 0 Å². The largest absolute Gasteiger partial charge is 0.496 e. The highest BCUT2D eigenvalue weighted by molar-refractivity contribution is 6.00. The maximum Gasteiger partial charge on any atom is 0.180 e. The molecule has 0 fully saturated rings. The molecule has 0 aromatic heterocycles. The molecule has 0 aliphatic heterocycles. The first-order valence-corrected chi connectivity index (χ1v) is 5.08. The summed E-state index contributed by atoms with van der Waals surface area (Å²) in [5.41, 5.74) is 1.73. The van der Waals surface area contributed by atoms with E-state index in [0.717, 1.165) is 12.0 Å². The Hall–Kier alpha value is -1.35. The van der Waals surface area contributed by atoms with Gasteiger partial charge < -0.3 is 10.1 Å². The first-order valence-electron chi connectivity index (χ1n) is 5.08. The third-order valence-corrected chi connectivity index (χ3v) is 2.32. The van der Waals surface area contributed by atoms with Crippen LogP contribution in [-0.4, -0.2) is 26.5 Å². The fraction of sp³-hybridized carbons (Fsp3) is 0.417. The Morgan fingerprint density at radius 2 is 2.20 bits per heavy atom. The highest BCUT2D eigenvalue weighted by atomic mass is 16.5. The molecule has 0 heterocycles. The first kappa shape index (κ1) is 11.7. The smallest absolute Gasteiger partial charge is 0.180 e. The van der Waals surface area contributed by atoms with Crippen molar-refractivity contribution in [1.82, 2.24) is 5.32 Å². The molecular formula is C12H17NO2. The lowest BCUT2D eigenvalue weighted by atomic mass is 10.0. The maximum atomic E-state index is 11.8. The van der Waals surface area contributed by atoms with Crippen LogP contribution in [-0.2, 0) is 6.42 Å². The van der Waals surface area contributed by atoms with Crippen molar-refractivity contribution in [2.24, 2.45) is 0 Å². The summed E-state index contributed by atoms with van der Waals surface area (Å²) in [7, 11) is 3.36. The van der Waals surface area contributed by atoms with Gasteiger partial charge in [-0.1, -0.05) is 19.1 Å². The molecule has 0 amide bonds. The third-order valence-electron chi connectivity index (χ3n) is 2.32. The third kappa shape index (κ3) is 2.57. The lowest BCUT2D eigenvalue weighted by Crippen LogP contribution is -2.19. The number of ether oxygens (including phenoxy) is 1. The summed E-state index contributed by atoms with van der Waals surface area (Å²) in [6.45, 7) is 2.38. The van der Waals surface area contributed by atoms with Gasteiger partial charge in [0.1, 0.15) is 5.75 Å². The molecule has 0 spiro atoms. The van der Waals surface area contributed by atoms with E-state index < -0.39 is 0 Å². The number of aryl methyl sites for hydroxylation is 1. The Morgan fingerprint density at radius 3 is 2.73 bits per heavy atom. The number of rotatable bonds is 5. The van der Waals surface area contributed by atoms with E-state index in [1.54, 1.807) is 20.2 Å². The standard InChI is InChI=1S/C12H17NO2/c1-4-9-6-5-7-10(12(9)15-3)11(14)8-13-2/h5-7,13H,4,8H2,1-3H3. The number of methoxy groups -OCH3 is 1. The van der Waals surface area contributed by atoms with Crippen molar-refractivity contribution in [3.8, 4) is 5.75 Å². The molecule has 1 N–H and O–H groups in total. The number of Topliss-reactive ketones (excluding diaryl/α,β-unsaturated/α-hetero) is 1. The van der Waals surface area contributed by atoms with E-state index in [-0.39, 0.29) is 5.78 Å². The molecule has 15 heavy (non-hydrogen) atoms. The molecule has 82 valence electrons. The van der Waals surface area contributed by atoms with E-state index in [1.807, 2.05) is 19.1 Å². The van der Waals surface area contributed by atoms with Gasteiger partial charge in [-0.05, 0) is 25.1 Å². The fourth-order valence-corrected chi connectivity index (χ4v) is 1.58. The summed E-state index contributed by atoms with van der Waals surface area (Å²) in [6, 6.07) is 5.68. The quantitative estimate of drug-likeness (QED) is 0.746. The lowest BCUT2D eigenvalue weighted by Gasteiger charge is -2.11. The summed E-state index contributed by atoms with van der Waals surface area (Å²) in [5.74, 6) is 0.768. The number of ketones is 1. The van der Waals surface area contributed by atoms with Crippen molar-refractivity contribution < 1.29 is 9.53 Å². The van der Waals surface area contributed by atoms with Crippen molar-refractivity contribution in [3.63, 3.8) is 0 Å². The average molecular weight is 207 g/mol. The zero-order valence-electron chi connectivity index (χ0n) is 9.46. The van der Waals surface area contributed by atoms with Gasteiger partial charge in [0.25, 0.3) is 0 Å². The monoisotopic (exact) mass is 207 g/mol. The van der Waals surface area contributed by atoms with Gasteiger partial charge >= 0.3 is 0 Å². The van der Waals surface area contributed by atoms with Gasteiger partial charge in [0, 0.05) is 0 Å². The number of carbonyl (C=O) groups excluding carboxylic acids is 1. The van der Waals surface area contributed by atoms with Gasteiger partial charge in [0.05, 0.1) is 19.2 Å². The van der Waals surface area contributed by atoms with Gasteiger partial charge in [-0.3, -0.25) is 4.79 Å². The van der Waals surface area contributed by atoms with Crippen LogP contribution in [0.25, 0.3) is 0 Å². The normalized spacial score (nSPS) is 10.1. The van der Waals surface area contributed by atoms with Crippen molar-refractivity contribution in [2.75, 3.05) is 20.7 Å². The van der Waals surface area contributed by atoms with Gasteiger partial charge in [-0.2, -0.15) is 0 Å². The van der Waals surface area contributed by atoms with Gasteiger partial charge in [-0.15, -0.1) is 0 Å². The number of carbonyl (C=O) groups is 1. The van der Waals surface area contributed by atoms with Crippen molar-refractivity contribution >= 4 is 5.78 Å². The highest BCUT2D eigenvalue weighted by Gasteiger charge is 2.13. The summed E-state index contributed by atoms with van der Waals surface area (Å²) >= 11 is 0. The Morgan fingerprint density at radius 1 is 1.47 bits per heavy atom. The molecule has 0 aliphatic carbocycles.